The van der Waals surface area contributed by atoms with Crippen LogP contribution in [0.1, 0.15) is 44.1 Å². The molecule has 0 atom stereocenters. The standard InChI is InChI=1S/C14H20O3S/c15-18(16,17)14-10-8-13(9-11-14)7-6-12-4-2-1-3-5-12/h8-12H,1-7H2,(H,15,16,17). The third-order valence-corrected chi connectivity index (χ3v) is 4.66. The minimum Gasteiger partial charge on any atom is -0.282 e. The minimum atomic E-state index is -4.06. The van der Waals surface area contributed by atoms with Gasteiger partial charge in [-0.25, -0.2) is 0 Å². The Hall–Kier alpha value is -0.870. The first-order valence-corrected chi connectivity index (χ1v) is 8.06. The summed E-state index contributed by atoms with van der Waals surface area (Å²) in [6.07, 6.45) is 8.94. The fourth-order valence-electron chi connectivity index (χ4n) is 2.67. The maximum Gasteiger partial charge on any atom is 0.294 e. The van der Waals surface area contributed by atoms with Crippen LogP contribution in [0.4, 0.5) is 0 Å². The van der Waals surface area contributed by atoms with Crippen LogP contribution in [0.3, 0.4) is 0 Å². The van der Waals surface area contributed by atoms with Gasteiger partial charge in [0.25, 0.3) is 10.1 Å². The summed E-state index contributed by atoms with van der Waals surface area (Å²) in [5, 5.41) is 0. The molecule has 0 spiro atoms. The number of hydrogen-bond acceptors (Lipinski definition) is 2. The van der Waals surface area contributed by atoms with E-state index in [4.69, 9.17) is 4.55 Å². The van der Waals surface area contributed by atoms with Crippen molar-refractivity contribution in [1.29, 1.82) is 0 Å². The van der Waals surface area contributed by atoms with Crippen LogP contribution in [0.5, 0.6) is 0 Å². The lowest BCUT2D eigenvalue weighted by Crippen LogP contribution is -2.07. The lowest BCUT2D eigenvalue weighted by molar-refractivity contribution is 0.339. The Bertz CT molecular complexity index is 470. The van der Waals surface area contributed by atoms with Gasteiger partial charge in [0.2, 0.25) is 0 Å². The Morgan fingerprint density at radius 1 is 1.06 bits per heavy atom. The summed E-state index contributed by atoms with van der Waals surface area (Å²) in [7, 11) is -4.06. The molecule has 0 aromatic heterocycles. The Morgan fingerprint density at radius 3 is 2.22 bits per heavy atom. The monoisotopic (exact) mass is 268 g/mol. The molecular formula is C14H20O3S. The summed E-state index contributed by atoms with van der Waals surface area (Å²) in [6.45, 7) is 0. The molecule has 0 amide bonds. The van der Waals surface area contributed by atoms with Crippen molar-refractivity contribution in [3.8, 4) is 0 Å². The number of hydrogen-bond donors (Lipinski definition) is 1. The van der Waals surface area contributed by atoms with E-state index in [1.807, 2.05) is 0 Å². The molecule has 1 aromatic carbocycles. The third kappa shape index (κ3) is 3.82. The van der Waals surface area contributed by atoms with Crippen LogP contribution in [-0.2, 0) is 16.5 Å². The van der Waals surface area contributed by atoms with E-state index in [1.165, 1.54) is 50.7 Å². The van der Waals surface area contributed by atoms with E-state index in [9.17, 15) is 8.42 Å². The highest BCUT2D eigenvalue weighted by Crippen LogP contribution is 2.27. The first-order valence-electron chi connectivity index (χ1n) is 6.62. The summed E-state index contributed by atoms with van der Waals surface area (Å²) in [4.78, 5) is -0.0242. The van der Waals surface area contributed by atoms with E-state index in [-0.39, 0.29) is 4.90 Å². The molecule has 0 heterocycles. The molecule has 0 radical (unpaired) electrons. The van der Waals surface area contributed by atoms with Crippen molar-refractivity contribution >= 4 is 10.1 Å². The Balaban J connectivity index is 1.90. The largest absolute Gasteiger partial charge is 0.294 e. The minimum absolute atomic E-state index is 0.0242. The average molecular weight is 268 g/mol. The molecule has 3 nitrogen and oxygen atoms in total. The van der Waals surface area contributed by atoms with Crippen molar-refractivity contribution in [2.24, 2.45) is 5.92 Å². The highest BCUT2D eigenvalue weighted by atomic mass is 32.2. The molecule has 4 heteroatoms. The smallest absolute Gasteiger partial charge is 0.282 e. The van der Waals surface area contributed by atoms with Gasteiger partial charge in [-0.05, 0) is 36.5 Å². The summed E-state index contributed by atoms with van der Waals surface area (Å²) in [5.74, 6) is 0.833. The van der Waals surface area contributed by atoms with E-state index >= 15 is 0 Å². The SMILES string of the molecule is O=S(=O)(O)c1ccc(CCC2CCCCC2)cc1. The van der Waals surface area contributed by atoms with Gasteiger partial charge in [0, 0.05) is 0 Å². The zero-order valence-corrected chi connectivity index (χ0v) is 11.3. The maximum absolute atomic E-state index is 10.9. The lowest BCUT2D eigenvalue weighted by Gasteiger charge is -2.21. The summed E-state index contributed by atoms with van der Waals surface area (Å²) >= 11 is 0. The molecule has 1 aliphatic carbocycles. The van der Waals surface area contributed by atoms with Gasteiger partial charge in [0.15, 0.2) is 0 Å². The third-order valence-electron chi connectivity index (χ3n) is 3.79. The topological polar surface area (TPSA) is 54.4 Å². The van der Waals surface area contributed by atoms with Crippen LogP contribution >= 0.6 is 0 Å². The quantitative estimate of drug-likeness (QED) is 0.851. The summed E-state index contributed by atoms with van der Waals surface area (Å²) in [6, 6.07) is 6.55. The highest BCUT2D eigenvalue weighted by molar-refractivity contribution is 7.85. The number of rotatable bonds is 4. The normalized spacial score (nSPS) is 17.8. The van der Waals surface area contributed by atoms with Gasteiger partial charge in [-0.2, -0.15) is 8.42 Å². The average Bonchev–Trinajstić information content (AvgIpc) is 2.37. The first kappa shape index (κ1) is 13.6. The Morgan fingerprint density at radius 2 is 1.67 bits per heavy atom. The van der Waals surface area contributed by atoms with E-state index in [2.05, 4.69) is 0 Å². The highest BCUT2D eigenvalue weighted by Gasteiger charge is 2.13. The van der Waals surface area contributed by atoms with Crippen molar-refractivity contribution in [1.82, 2.24) is 0 Å². The maximum atomic E-state index is 10.9. The Kier molecular flexibility index (Phi) is 4.40. The van der Waals surface area contributed by atoms with Crippen molar-refractivity contribution in [3.63, 3.8) is 0 Å². The van der Waals surface area contributed by atoms with Crippen LogP contribution in [0.15, 0.2) is 29.2 Å². The van der Waals surface area contributed by atoms with E-state index in [0.717, 1.165) is 17.9 Å². The molecular weight excluding hydrogens is 248 g/mol. The predicted octanol–water partition coefficient (Wildman–Crippen LogP) is 3.45. The van der Waals surface area contributed by atoms with E-state index in [1.54, 1.807) is 12.1 Å². The van der Waals surface area contributed by atoms with Gasteiger partial charge in [-0.1, -0.05) is 44.2 Å². The zero-order valence-electron chi connectivity index (χ0n) is 10.5. The molecule has 0 unspecified atom stereocenters. The second-order valence-corrected chi connectivity index (χ2v) is 6.58. The van der Waals surface area contributed by atoms with Crippen LogP contribution in [0.2, 0.25) is 0 Å². The van der Waals surface area contributed by atoms with Crippen molar-refractivity contribution < 1.29 is 13.0 Å². The van der Waals surface area contributed by atoms with Gasteiger partial charge in [0.05, 0.1) is 4.90 Å². The summed E-state index contributed by atoms with van der Waals surface area (Å²) < 4.78 is 30.7. The lowest BCUT2D eigenvalue weighted by atomic mass is 9.85. The van der Waals surface area contributed by atoms with Crippen molar-refractivity contribution in [2.45, 2.75) is 49.8 Å². The number of aryl methyl sites for hydroxylation is 1. The van der Waals surface area contributed by atoms with Gasteiger partial charge in [-0.3, -0.25) is 4.55 Å². The van der Waals surface area contributed by atoms with Gasteiger partial charge >= 0.3 is 0 Å². The fourth-order valence-corrected chi connectivity index (χ4v) is 3.15. The molecule has 1 saturated carbocycles. The molecule has 1 aliphatic rings. The molecule has 2 rings (SSSR count). The molecule has 1 N–H and O–H groups in total. The Labute approximate surface area is 109 Å². The van der Waals surface area contributed by atoms with E-state index in [0.29, 0.717) is 0 Å². The van der Waals surface area contributed by atoms with Gasteiger partial charge in [0.1, 0.15) is 0 Å². The van der Waals surface area contributed by atoms with Crippen LogP contribution < -0.4 is 0 Å². The zero-order chi connectivity index (χ0) is 13.0. The second kappa shape index (κ2) is 5.85. The predicted molar refractivity (Wildman–Crippen MR) is 71.2 cm³/mol. The van der Waals surface area contributed by atoms with Crippen molar-refractivity contribution in [3.05, 3.63) is 29.8 Å². The molecule has 0 bridgehead atoms. The number of benzene rings is 1. The van der Waals surface area contributed by atoms with E-state index < -0.39 is 10.1 Å². The summed E-state index contributed by atoms with van der Waals surface area (Å²) in [5.41, 5.74) is 1.15. The molecule has 0 saturated heterocycles. The molecule has 1 fully saturated rings. The van der Waals surface area contributed by atoms with Gasteiger partial charge in [-0.15, -0.1) is 0 Å². The van der Waals surface area contributed by atoms with Crippen LogP contribution in [0.25, 0.3) is 0 Å². The van der Waals surface area contributed by atoms with Crippen molar-refractivity contribution in [2.75, 3.05) is 0 Å². The fraction of sp³-hybridized carbons (Fsp3) is 0.571. The molecule has 1 aromatic rings. The molecule has 0 aliphatic heterocycles. The first-order chi connectivity index (χ1) is 8.55. The second-order valence-electron chi connectivity index (χ2n) is 5.16. The van der Waals surface area contributed by atoms with Crippen LogP contribution in [-0.4, -0.2) is 13.0 Å². The molecule has 18 heavy (non-hydrogen) atoms. The molecule has 100 valence electrons. The van der Waals surface area contributed by atoms with Gasteiger partial charge < -0.3 is 0 Å². The van der Waals surface area contributed by atoms with Crippen LogP contribution in [0, 0.1) is 5.92 Å².